The van der Waals surface area contributed by atoms with Gasteiger partial charge in [0.05, 0.1) is 33.9 Å². The van der Waals surface area contributed by atoms with Crippen molar-refractivity contribution in [1.82, 2.24) is 10.0 Å². The van der Waals surface area contributed by atoms with Gasteiger partial charge in [-0.2, -0.15) is 0 Å². The normalized spacial score (nSPS) is 10.8. The molecule has 6 heteroatoms. The third-order valence-corrected chi connectivity index (χ3v) is 3.54. The number of aryl methyl sites for hydroxylation is 1. The first-order chi connectivity index (χ1) is 8.95. The summed E-state index contributed by atoms with van der Waals surface area (Å²) in [5.74, 6) is -0.354. The number of hydroxylamine groups is 2. The van der Waals surface area contributed by atoms with E-state index in [-0.39, 0.29) is 5.91 Å². The first-order valence-electron chi connectivity index (χ1n) is 5.53. The van der Waals surface area contributed by atoms with Crippen LogP contribution in [0.25, 0.3) is 10.9 Å². The van der Waals surface area contributed by atoms with Gasteiger partial charge in [-0.25, -0.2) is 5.06 Å². The number of aromatic nitrogens is 1. The summed E-state index contributed by atoms with van der Waals surface area (Å²) in [5, 5.41) is 2.74. The molecule has 1 heterocycles. The standard InChI is InChI=1S/C13H12Cl2N2O2/c1-7-10(15)6-8-4-5-9(14)11(12(8)16-7)13(18)17(2)19-3/h4-6H,1-3H3. The summed E-state index contributed by atoms with van der Waals surface area (Å²) in [6, 6.07) is 5.19. The van der Waals surface area contributed by atoms with Crippen LogP contribution >= 0.6 is 23.2 Å². The van der Waals surface area contributed by atoms with Gasteiger partial charge in [0.15, 0.2) is 0 Å². The number of hydrogen-bond acceptors (Lipinski definition) is 3. The maximum Gasteiger partial charge on any atom is 0.280 e. The van der Waals surface area contributed by atoms with E-state index in [0.29, 0.717) is 26.8 Å². The maximum absolute atomic E-state index is 12.3. The lowest BCUT2D eigenvalue weighted by Crippen LogP contribution is -2.26. The highest BCUT2D eigenvalue weighted by Crippen LogP contribution is 2.28. The minimum atomic E-state index is -0.354. The molecule has 0 bridgehead atoms. The van der Waals surface area contributed by atoms with Crippen molar-refractivity contribution in [2.24, 2.45) is 0 Å². The lowest BCUT2D eigenvalue weighted by Gasteiger charge is -2.16. The molecule has 0 atom stereocenters. The van der Waals surface area contributed by atoms with Gasteiger partial charge >= 0.3 is 0 Å². The van der Waals surface area contributed by atoms with Crippen LogP contribution in [0.2, 0.25) is 10.0 Å². The summed E-state index contributed by atoms with van der Waals surface area (Å²) in [4.78, 5) is 21.5. The van der Waals surface area contributed by atoms with Gasteiger partial charge in [-0.05, 0) is 19.1 Å². The average molecular weight is 299 g/mol. The van der Waals surface area contributed by atoms with Crippen molar-refractivity contribution in [2.45, 2.75) is 6.92 Å². The number of pyridine rings is 1. The van der Waals surface area contributed by atoms with Crippen LogP contribution in [0.1, 0.15) is 16.1 Å². The molecule has 0 fully saturated rings. The van der Waals surface area contributed by atoms with Gasteiger partial charge < -0.3 is 0 Å². The van der Waals surface area contributed by atoms with Crippen LogP contribution in [-0.4, -0.2) is 30.1 Å². The second-order valence-corrected chi connectivity index (χ2v) is 4.85. The van der Waals surface area contributed by atoms with Crippen molar-refractivity contribution in [1.29, 1.82) is 0 Å². The second kappa shape index (κ2) is 5.33. The van der Waals surface area contributed by atoms with Crippen LogP contribution in [-0.2, 0) is 4.84 Å². The first-order valence-corrected chi connectivity index (χ1v) is 6.28. The zero-order valence-electron chi connectivity index (χ0n) is 10.7. The number of carbonyl (C=O) groups excluding carboxylic acids is 1. The molecule has 0 saturated carbocycles. The van der Waals surface area contributed by atoms with Crippen molar-refractivity contribution in [3.05, 3.63) is 39.5 Å². The van der Waals surface area contributed by atoms with Gasteiger partial charge in [-0.1, -0.05) is 29.3 Å². The Morgan fingerprint density at radius 3 is 2.63 bits per heavy atom. The fraction of sp³-hybridized carbons (Fsp3) is 0.231. The largest absolute Gasteiger partial charge is 0.280 e. The number of amides is 1. The summed E-state index contributed by atoms with van der Waals surface area (Å²) < 4.78 is 0. The Morgan fingerprint density at radius 1 is 1.32 bits per heavy atom. The molecule has 1 amide bonds. The van der Waals surface area contributed by atoms with Gasteiger partial charge in [0, 0.05) is 12.4 Å². The molecule has 1 aromatic carbocycles. The van der Waals surface area contributed by atoms with Gasteiger partial charge in [-0.15, -0.1) is 0 Å². The maximum atomic E-state index is 12.3. The monoisotopic (exact) mass is 298 g/mol. The third kappa shape index (κ3) is 2.52. The molecule has 2 aromatic rings. The van der Waals surface area contributed by atoms with Crippen LogP contribution in [0, 0.1) is 6.92 Å². The molecular formula is C13H12Cl2N2O2. The van der Waals surface area contributed by atoms with Crippen molar-refractivity contribution in [3.8, 4) is 0 Å². The second-order valence-electron chi connectivity index (χ2n) is 4.03. The molecule has 4 nitrogen and oxygen atoms in total. The van der Waals surface area contributed by atoms with Crippen LogP contribution < -0.4 is 0 Å². The first kappa shape index (κ1) is 14.1. The topological polar surface area (TPSA) is 42.4 Å². The van der Waals surface area contributed by atoms with Gasteiger partial charge in [-0.3, -0.25) is 14.6 Å². The minimum Gasteiger partial charge on any atom is -0.274 e. The lowest BCUT2D eigenvalue weighted by atomic mass is 10.1. The van der Waals surface area contributed by atoms with E-state index in [9.17, 15) is 4.79 Å². The van der Waals surface area contributed by atoms with E-state index < -0.39 is 0 Å². The lowest BCUT2D eigenvalue weighted by molar-refractivity contribution is -0.0755. The number of benzene rings is 1. The molecular weight excluding hydrogens is 287 g/mol. The Hall–Kier alpha value is -1.36. The van der Waals surface area contributed by atoms with E-state index in [1.807, 2.05) is 0 Å². The quantitative estimate of drug-likeness (QED) is 0.797. The highest BCUT2D eigenvalue weighted by atomic mass is 35.5. The Balaban J connectivity index is 2.75. The molecule has 0 aliphatic carbocycles. The Labute approximate surface area is 120 Å². The molecule has 0 aliphatic heterocycles. The number of hydrogen-bond donors (Lipinski definition) is 0. The predicted molar refractivity (Wildman–Crippen MR) is 75.6 cm³/mol. The van der Waals surface area contributed by atoms with Crippen LogP contribution in [0.3, 0.4) is 0 Å². The molecule has 19 heavy (non-hydrogen) atoms. The van der Waals surface area contributed by atoms with Gasteiger partial charge in [0.2, 0.25) is 0 Å². The Bertz CT molecular complexity index is 659. The summed E-state index contributed by atoms with van der Waals surface area (Å²) in [6.07, 6.45) is 0. The highest BCUT2D eigenvalue weighted by molar-refractivity contribution is 6.36. The minimum absolute atomic E-state index is 0.309. The fourth-order valence-electron chi connectivity index (χ4n) is 1.73. The average Bonchev–Trinajstić information content (AvgIpc) is 2.39. The zero-order valence-corrected chi connectivity index (χ0v) is 12.2. The zero-order chi connectivity index (χ0) is 14.2. The molecule has 100 valence electrons. The summed E-state index contributed by atoms with van der Waals surface area (Å²) >= 11 is 12.1. The smallest absolute Gasteiger partial charge is 0.274 e. The van der Waals surface area contributed by atoms with Crippen LogP contribution in [0.4, 0.5) is 0 Å². The fourth-order valence-corrected chi connectivity index (χ4v) is 2.12. The molecule has 2 rings (SSSR count). The van der Waals surface area contributed by atoms with E-state index in [4.69, 9.17) is 28.0 Å². The summed E-state index contributed by atoms with van der Waals surface area (Å²) in [6.45, 7) is 1.77. The van der Waals surface area contributed by atoms with E-state index in [2.05, 4.69) is 4.98 Å². The Morgan fingerprint density at radius 2 is 2.00 bits per heavy atom. The molecule has 0 spiro atoms. The number of rotatable bonds is 2. The SMILES string of the molecule is CON(C)C(=O)c1c(Cl)ccc2cc(Cl)c(C)nc12. The van der Waals surface area contributed by atoms with Crippen molar-refractivity contribution < 1.29 is 9.63 Å². The van der Waals surface area contributed by atoms with Crippen molar-refractivity contribution in [3.63, 3.8) is 0 Å². The van der Waals surface area contributed by atoms with E-state index >= 15 is 0 Å². The van der Waals surface area contributed by atoms with E-state index in [1.54, 1.807) is 25.1 Å². The van der Waals surface area contributed by atoms with Crippen molar-refractivity contribution >= 4 is 40.0 Å². The molecule has 0 radical (unpaired) electrons. The van der Waals surface area contributed by atoms with Gasteiger partial charge in [0.1, 0.15) is 0 Å². The van der Waals surface area contributed by atoms with E-state index in [0.717, 1.165) is 10.4 Å². The molecule has 0 aliphatic rings. The van der Waals surface area contributed by atoms with Crippen LogP contribution in [0.5, 0.6) is 0 Å². The van der Waals surface area contributed by atoms with E-state index in [1.165, 1.54) is 14.2 Å². The molecule has 0 saturated heterocycles. The number of fused-ring (bicyclic) bond motifs is 1. The third-order valence-electron chi connectivity index (χ3n) is 2.84. The van der Waals surface area contributed by atoms with Crippen molar-refractivity contribution in [2.75, 3.05) is 14.2 Å². The highest BCUT2D eigenvalue weighted by Gasteiger charge is 2.20. The van der Waals surface area contributed by atoms with Gasteiger partial charge in [0.25, 0.3) is 5.91 Å². The number of carbonyl (C=O) groups is 1. The summed E-state index contributed by atoms with van der Waals surface area (Å²) in [7, 11) is 2.92. The Kier molecular flexibility index (Phi) is 3.94. The molecule has 0 unspecified atom stereocenters. The number of halogens is 2. The predicted octanol–water partition coefficient (Wildman–Crippen LogP) is 3.48. The molecule has 1 aromatic heterocycles. The van der Waals surface area contributed by atoms with Crippen LogP contribution in [0.15, 0.2) is 18.2 Å². The summed E-state index contributed by atoms with van der Waals surface area (Å²) in [5.41, 5.74) is 1.47. The number of nitrogens with zero attached hydrogens (tertiary/aromatic N) is 2. The molecule has 0 N–H and O–H groups in total.